The average molecular weight is 185 g/mol. The fraction of sp³-hybridized carbons (Fsp3) is 1.00. The van der Waals surface area contributed by atoms with Crippen LogP contribution in [0, 0.1) is 5.92 Å². The summed E-state index contributed by atoms with van der Waals surface area (Å²) < 4.78 is 0. The highest BCUT2D eigenvalue weighted by molar-refractivity contribution is 4.86. The predicted molar refractivity (Wildman–Crippen MR) is 56.8 cm³/mol. The second-order valence-corrected chi connectivity index (χ2v) is 4.13. The van der Waals surface area contributed by atoms with Gasteiger partial charge in [-0.15, -0.1) is 0 Å². The molecule has 0 bridgehead atoms. The molecule has 1 heterocycles. The Bertz CT molecular complexity index is 145. The normalized spacial score (nSPS) is 30.2. The highest BCUT2D eigenvalue weighted by atomic mass is 15.2. The SMILES string of the molecule is CCN(CC)CC1CN(C)CC1N. The fourth-order valence-electron chi connectivity index (χ4n) is 2.13. The molecule has 1 aliphatic rings. The van der Waals surface area contributed by atoms with Crippen LogP contribution >= 0.6 is 0 Å². The largest absolute Gasteiger partial charge is 0.326 e. The molecule has 2 N–H and O–H groups in total. The Labute approximate surface area is 81.9 Å². The van der Waals surface area contributed by atoms with Gasteiger partial charge in [0.05, 0.1) is 0 Å². The zero-order valence-corrected chi connectivity index (χ0v) is 9.16. The van der Waals surface area contributed by atoms with E-state index in [4.69, 9.17) is 5.73 Å². The summed E-state index contributed by atoms with van der Waals surface area (Å²) in [6.45, 7) is 10.1. The van der Waals surface area contributed by atoms with Gasteiger partial charge in [0.1, 0.15) is 0 Å². The van der Waals surface area contributed by atoms with Crippen LogP contribution in [0.1, 0.15) is 13.8 Å². The van der Waals surface area contributed by atoms with Crippen LogP contribution < -0.4 is 5.73 Å². The summed E-state index contributed by atoms with van der Waals surface area (Å²) in [7, 11) is 2.15. The quantitative estimate of drug-likeness (QED) is 0.680. The lowest BCUT2D eigenvalue weighted by atomic mass is 10.0. The average Bonchev–Trinajstić information content (AvgIpc) is 2.41. The van der Waals surface area contributed by atoms with Gasteiger partial charge < -0.3 is 15.5 Å². The molecule has 0 aromatic rings. The van der Waals surface area contributed by atoms with Gasteiger partial charge >= 0.3 is 0 Å². The van der Waals surface area contributed by atoms with Crippen LogP contribution in [-0.4, -0.2) is 55.6 Å². The van der Waals surface area contributed by atoms with Crippen molar-refractivity contribution in [1.82, 2.24) is 9.80 Å². The van der Waals surface area contributed by atoms with Crippen molar-refractivity contribution >= 4 is 0 Å². The highest BCUT2D eigenvalue weighted by Crippen LogP contribution is 2.14. The summed E-state index contributed by atoms with van der Waals surface area (Å²) in [4.78, 5) is 4.79. The van der Waals surface area contributed by atoms with E-state index in [0.29, 0.717) is 12.0 Å². The third kappa shape index (κ3) is 2.93. The van der Waals surface area contributed by atoms with Crippen LogP contribution in [0.2, 0.25) is 0 Å². The van der Waals surface area contributed by atoms with Crippen molar-refractivity contribution in [3.8, 4) is 0 Å². The van der Waals surface area contributed by atoms with E-state index < -0.39 is 0 Å². The lowest BCUT2D eigenvalue weighted by Gasteiger charge is -2.24. The van der Waals surface area contributed by atoms with Crippen molar-refractivity contribution < 1.29 is 0 Å². The Balaban J connectivity index is 2.35. The first-order valence-corrected chi connectivity index (χ1v) is 5.33. The van der Waals surface area contributed by atoms with Crippen molar-refractivity contribution in [2.24, 2.45) is 11.7 Å². The molecular formula is C10H23N3. The molecule has 1 saturated heterocycles. The number of hydrogen-bond acceptors (Lipinski definition) is 3. The van der Waals surface area contributed by atoms with Gasteiger partial charge in [0.15, 0.2) is 0 Å². The van der Waals surface area contributed by atoms with Gasteiger partial charge in [-0.25, -0.2) is 0 Å². The molecule has 2 atom stereocenters. The minimum atomic E-state index is 0.380. The lowest BCUT2D eigenvalue weighted by Crippen LogP contribution is -2.38. The summed E-state index contributed by atoms with van der Waals surface area (Å²) in [6.07, 6.45) is 0. The second-order valence-electron chi connectivity index (χ2n) is 4.13. The number of hydrogen-bond donors (Lipinski definition) is 1. The Morgan fingerprint density at radius 3 is 2.31 bits per heavy atom. The fourth-order valence-corrected chi connectivity index (χ4v) is 2.13. The predicted octanol–water partition coefficient (Wildman–Crippen LogP) is 0.217. The van der Waals surface area contributed by atoms with Crippen LogP contribution in [-0.2, 0) is 0 Å². The lowest BCUT2D eigenvalue weighted by molar-refractivity contribution is 0.245. The summed E-state index contributed by atoms with van der Waals surface area (Å²) >= 11 is 0. The van der Waals surface area contributed by atoms with Gasteiger partial charge in [0.25, 0.3) is 0 Å². The van der Waals surface area contributed by atoms with Crippen LogP contribution in [0.5, 0.6) is 0 Å². The molecule has 0 aromatic heterocycles. The minimum Gasteiger partial charge on any atom is -0.326 e. The van der Waals surface area contributed by atoms with Crippen LogP contribution in [0.4, 0.5) is 0 Å². The van der Waals surface area contributed by atoms with Gasteiger partial charge in [-0.3, -0.25) is 0 Å². The Morgan fingerprint density at radius 2 is 1.92 bits per heavy atom. The van der Waals surface area contributed by atoms with Crippen LogP contribution in [0.3, 0.4) is 0 Å². The molecular weight excluding hydrogens is 162 g/mol. The minimum absolute atomic E-state index is 0.380. The summed E-state index contributed by atoms with van der Waals surface area (Å²) in [5, 5.41) is 0. The van der Waals surface area contributed by atoms with Crippen molar-refractivity contribution in [3.63, 3.8) is 0 Å². The van der Waals surface area contributed by atoms with Gasteiger partial charge in [-0.05, 0) is 20.1 Å². The molecule has 0 amide bonds. The highest BCUT2D eigenvalue weighted by Gasteiger charge is 2.28. The molecule has 13 heavy (non-hydrogen) atoms. The molecule has 0 saturated carbocycles. The number of rotatable bonds is 4. The smallest absolute Gasteiger partial charge is 0.0221 e. The first-order valence-electron chi connectivity index (χ1n) is 5.33. The van der Waals surface area contributed by atoms with Gasteiger partial charge in [-0.1, -0.05) is 13.8 Å². The molecule has 78 valence electrons. The maximum absolute atomic E-state index is 6.06. The molecule has 0 radical (unpaired) electrons. The van der Waals surface area contributed by atoms with Crippen LogP contribution in [0.15, 0.2) is 0 Å². The second kappa shape index (κ2) is 4.94. The molecule has 2 unspecified atom stereocenters. The molecule has 0 aromatic carbocycles. The third-order valence-corrected chi connectivity index (χ3v) is 3.06. The van der Waals surface area contributed by atoms with Crippen molar-refractivity contribution in [2.45, 2.75) is 19.9 Å². The van der Waals surface area contributed by atoms with Gasteiger partial charge in [0.2, 0.25) is 0 Å². The summed E-state index contributed by atoms with van der Waals surface area (Å²) in [5.74, 6) is 0.671. The third-order valence-electron chi connectivity index (χ3n) is 3.06. The standard InChI is InChI=1S/C10H23N3/c1-4-13(5-2)7-9-6-12(3)8-10(9)11/h9-10H,4-8,11H2,1-3H3. The molecule has 1 aliphatic heterocycles. The maximum atomic E-state index is 6.06. The van der Waals surface area contributed by atoms with Crippen molar-refractivity contribution in [1.29, 1.82) is 0 Å². The topological polar surface area (TPSA) is 32.5 Å². The zero-order valence-electron chi connectivity index (χ0n) is 9.16. The number of likely N-dealkylation sites (tertiary alicyclic amines) is 1. The first-order chi connectivity index (χ1) is 6.17. The molecule has 1 fully saturated rings. The van der Waals surface area contributed by atoms with Crippen LogP contribution in [0.25, 0.3) is 0 Å². The summed E-state index contributed by atoms with van der Waals surface area (Å²) in [5.41, 5.74) is 6.06. The monoisotopic (exact) mass is 185 g/mol. The van der Waals surface area contributed by atoms with E-state index in [0.717, 1.165) is 26.2 Å². The molecule has 0 spiro atoms. The number of likely N-dealkylation sites (N-methyl/N-ethyl adjacent to an activating group) is 1. The van der Waals surface area contributed by atoms with E-state index in [1.807, 2.05) is 0 Å². The molecule has 3 nitrogen and oxygen atoms in total. The molecule has 3 heteroatoms. The van der Waals surface area contributed by atoms with Gasteiger partial charge in [-0.2, -0.15) is 0 Å². The molecule has 1 rings (SSSR count). The molecule has 0 aliphatic carbocycles. The van der Waals surface area contributed by atoms with E-state index in [2.05, 4.69) is 30.7 Å². The van der Waals surface area contributed by atoms with Crippen molar-refractivity contribution in [2.75, 3.05) is 39.8 Å². The van der Waals surface area contributed by atoms with E-state index >= 15 is 0 Å². The number of nitrogens with zero attached hydrogens (tertiary/aromatic N) is 2. The van der Waals surface area contributed by atoms with E-state index in [9.17, 15) is 0 Å². The van der Waals surface area contributed by atoms with E-state index in [1.165, 1.54) is 6.54 Å². The zero-order chi connectivity index (χ0) is 9.84. The van der Waals surface area contributed by atoms with E-state index in [1.54, 1.807) is 0 Å². The maximum Gasteiger partial charge on any atom is 0.0221 e. The Hall–Kier alpha value is -0.120. The Morgan fingerprint density at radius 1 is 1.31 bits per heavy atom. The van der Waals surface area contributed by atoms with E-state index in [-0.39, 0.29) is 0 Å². The number of nitrogens with two attached hydrogens (primary N) is 1. The Kier molecular flexibility index (Phi) is 4.16. The van der Waals surface area contributed by atoms with Crippen molar-refractivity contribution in [3.05, 3.63) is 0 Å². The van der Waals surface area contributed by atoms with Gasteiger partial charge in [0, 0.05) is 31.6 Å². The summed E-state index contributed by atoms with van der Waals surface area (Å²) in [6, 6.07) is 0.380. The first kappa shape index (κ1) is 11.0.